The van der Waals surface area contributed by atoms with Crippen molar-refractivity contribution in [3.8, 4) is 22.4 Å². The number of nitrogens with zero attached hydrogens (tertiary/aromatic N) is 1. The molecule has 5 rings (SSSR count). The Labute approximate surface area is 157 Å². The Balaban J connectivity index is 1.96. The highest BCUT2D eigenvalue weighted by atomic mass is 32.1. The fraction of sp³-hybridized carbons (Fsp3) is 0. The lowest BCUT2D eigenvalue weighted by Gasteiger charge is -2.08. The molecule has 0 atom stereocenters. The van der Waals surface area contributed by atoms with E-state index < -0.39 is 11.2 Å². The largest absolute Gasteiger partial charge is 0.326 e. The highest BCUT2D eigenvalue weighted by Gasteiger charge is 2.17. The van der Waals surface area contributed by atoms with Gasteiger partial charge in [0.2, 0.25) is 0 Å². The van der Waals surface area contributed by atoms with Crippen LogP contribution in [-0.4, -0.2) is 15.0 Å². The zero-order chi connectivity index (χ0) is 18.4. The Morgan fingerprint density at radius 3 is 2.19 bits per heavy atom. The van der Waals surface area contributed by atoms with Crippen LogP contribution in [0.5, 0.6) is 0 Å². The number of nitrogens with one attached hydrogen (secondary N) is 2. The van der Waals surface area contributed by atoms with Crippen molar-refractivity contribution < 1.29 is 0 Å². The molecule has 0 saturated heterocycles. The van der Waals surface area contributed by atoms with Gasteiger partial charge in [-0.25, -0.2) is 9.78 Å². The summed E-state index contributed by atoms with van der Waals surface area (Å²) < 4.78 is 0.472. The minimum atomic E-state index is -0.515. The number of thiophene rings is 1. The van der Waals surface area contributed by atoms with E-state index in [9.17, 15) is 9.59 Å². The lowest BCUT2D eigenvalue weighted by atomic mass is 10.00. The van der Waals surface area contributed by atoms with Gasteiger partial charge in [-0.05, 0) is 17.2 Å². The first-order valence-corrected chi connectivity index (χ1v) is 9.23. The molecule has 3 aromatic heterocycles. The van der Waals surface area contributed by atoms with Crippen LogP contribution in [0.15, 0.2) is 76.3 Å². The van der Waals surface area contributed by atoms with Crippen molar-refractivity contribution in [2.45, 2.75) is 0 Å². The zero-order valence-electron chi connectivity index (χ0n) is 14.0. The van der Waals surface area contributed by atoms with E-state index in [1.807, 2.05) is 66.7 Å². The van der Waals surface area contributed by atoms with E-state index in [0.29, 0.717) is 10.2 Å². The maximum absolute atomic E-state index is 12.3. The van der Waals surface area contributed by atoms with Gasteiger partial charge < -0.3 is 4.98 Å². The summed E-state index contributed by atoms with van der Waals surface area (Å²) in [6.07, 6.45) is 0. The van der Waals surface area contributed by atoms with Gasteiger partial charge in [-0.1, -0.05) is 60.7 Å². The first kappa shape index (κ1) is 15.7. The predicted octanol–water partition coefficient (Wildman–Crippen LogP) is 4.16. The van der Waals surface area contributed by atoms with Crippen LogP contribution in [0.2, 0.25) is 0 Å². The van der Waals surface area contributed by atoms with Crippen LogP contribution in [0, 0.1) is 0 Å². The maximum Gasteiger partial charge on any atom is 0.326 e. The molecule has 6 heteroatoms. The van der Waals surface area contributed by atoms with Crippen molar-refractivity contribution in [3.63, 3.8) is 0 Å². The predicted molar refractivity (Wildman–Crippen MR) is 109 cm³/mol. The SMILES string of the molecule is O=c1[nH]c(=O)c2sc3nc(-c4ccccc4)cc(-c4ccccc4)c3c2[nH]1. The Hall–Kier alpha value is -3.51. The van der Waals surface area contributed by atoms with Crippen molar-refractivity contribution >= 4 is 31.8 Å². The zero-order valence-corrected chi connectivity index (χ0v) is 14.8. The molecule has 5 aromatic rings. The van der Waals surface area contributed by atoms with Gasteiger partial charge in [-0.15, -0.1) is 11.3 Å². The second kappa shape index (κ2) is 6.03. The Bertz CT molecular complexity index is 1400. The molecular formula is C21H13N3O2S. The lowest BCUT2D eigenvalue weighted by Crippen LogP contribution is -2.20. The minimum absolute atomic E-state index is 0.392. The average Bonchev–Trinajstić information content (AvgIpc) is 3.07. The summed E-state index contributed by atoms with van der Waals surface area (Å²) in [7, 11) is 0. The molecule has 27 heavy (non-hydrogen) atoms. The molecule has 0 unspecified atom stereocenters. The molecule has 2 aromatic carbocycles. The molecule has 0 aliphatic carbocycles. The normalized spacial score (nSPS) is 11.3. The fourth-order valence-corrected chi connectivity index (χ4v) is 4.33. The summed E-state index contributed by atoms with van der Waals surface area (Å²) in [5.74, 6) is 0. The van der Waals surface area contributed by atoms with Crippen LogP contribution in [0.4, 0.5) is 0 Å². The quantitative estimate of drug-likeness (QED) is 0.489. The summed E-state index contributed by atoms with van der Waals surface area (Å²) in [6.45, 7) is 0. The molecule has 0 aliphatic rings. The van der Waals surface area contributed by atoms with Gasteiger partial charge in [0.15, 0.2) is 0 Å². The summed E-state index contributed by atoms with van der Waals surface area (Å²) in [5, 5.41) is 0.795. The average molecular weight is 371 g/mol. The molecule has 0 amide bonds. The van der Waals surface area contributed by atoms with E-state index in [-0.39, 0.29) is 0 Å². The van der Waals surface area contributed by atoms with Crippen molar-refractivity contribution in [1.29, 1.82) is 0 Å². The monoisotopic (exact) mass is 371 g/mol. The Kier molecular flexibility index (Phi) is 3.51. The van der Waals surface area contributed by atoms with Crippen LogP contribution >= 0.6 is 11.3 Å². The highest BCUT2D eigenvalue weighted by Crippen LogP contribution is 2.38. The standard InChI is InChI=1S/C21H13N3O2S/c25-19-18-17(23-21(26)24-19)16-14(12-7-3-1-4-8-12)11-15(22-20(16)27-18)13-9-5-2-6-10-13/h1-11H,(H2,23,24,25,26). The maximum atomic E-state index is 12.3. The number of benzene rings is 2. The van der Waals surface area contributed by atoms with Crippen LogP contribution in [0.25, 0.3) is 42.8 Å². The van der Waals surface area contributed by atoms with Crippen LogP contribution in [0.1, 0.15) is 0 Å². The van der Waals surface area contributed by atoms with Crippen LogP contribution in [0.3, 0.4) is 0 Å². The van der Waals surface area contributed by atoms with Crippen LogP contribution < -0.4 is 11.2 Å². The van der Waals surface area contributed by atoms with Crippen LogP contribution in [-0.2, 0) is 0 Å². The third-order valence-electron chi connectivity index (χ3n) is 4.49. The van der Waals surface area contributed by atoms with Gasteiger partial charge >= 0.3 is 5.69 Å². The number of aromatic nitrogens is 3. The third kappa shape index (κ3) is 2.58. The first-order chi connectivity index (χ1) is 13.2. The number of pyridine rings is 1. The van der Waals surface area contributed by atoms with Gasteiger partial charge in [0.25, 0.3) is 5.56 Å². The molecular weight excluding hydrogens is 358 g/mol. The van der Waals surface area contributed by atoms with E-state index in [2.05, 4.69) is 9.97 Å². The number of rotatable bonds is 2. The molecule has 0 saturated carbocycles. The molecule has 0 radical (unpaired) electrons. The van der Waals surface area contributed by atoms with E-state index in [1.165, 1.54) is 11.3 Å². The van der Waals surface area contributed by atoms with E-state index in [4.69, 9.17) is 4.98 Å². The third-order valence-corrected chi connectivity index (χ3v) is 5.57. The number of hydrogen-bond acceptors (Lipinski definition) is 4. The van der Waals surface area contributed by atoms with Gasteiger partial charge in [-0.3, -0.25) is 9.78 Å². The van der Waals surface area contributed by atoms with Crippen molar-refractivity contribution in [2.75, 3.05) is 0 Å². The number of H-pyrrole nitrogens is 2. The molecule has 5 nitrogen and oxygen atoms in total. The number of hydrogen-bond donors (Lipinski definition) is 2. The molecule has 3 heterocycles. The highest BCUT2D eigenvalue weighted by molar-refractivity contribution is 7.25. The first-order valence-electron chi connectivity index (χ1n) is 8.41. The summed E-state index contributed by atoms with van der Waals surface area (Å²) in [6, 6.07) is 21.8. The molecule has 0 aliphatic heterocycles. The molecule has 0 fully saturated rings. The molecule has 0 spiro atoms. The second-order valence-corrected chi connectivity index (χ2v) is 7.18. The minimum Gasteiger partial charge on any atom is -0.305 e. The lowest BCUT2D eigenvalue weighted by molar-refractivity contribution is 1.09. The summed E-state index contributed by atoms with van der Waals surface area (Å²) in [5.41, 5.74) is 3.39. The van der Waals surface area contributed by atoms with Gasteiger partial charge in [-0.2, -0.15) is 0 Å². The number of fused-ring (bicyclic) bond motifs is 3. The molecule has 2 N–H and O–H groups in total. The number of aromatic amines is 2. The van der Waals surface area contributed by atoms with E-state index in [1.54, 1.807) is 0 Å². The molecule has 130 valence electrons. The Morgan fingerprint density at radius 1 is 0.815 bits per heavy atom. The van der Waals surface area contributed by atoms with Gasteiger partial charge in [0, 0.05) is 10.9 Å². The summed E-state index contributed by atoms with van der Waals surface area (Å²) >= 11 is 1.29. The Morgan fingerprint density at radius 2 is 1.48 bits per heavy atom. The van der Waals surface area contributed by atoms with Crippen molar-refractivity contribution in [2.24, 2.45) is 0 Å². The summed E-state index contributed by atoms with van der Waals surface area (Å²) in [4.78, 5) is 34.7. The molecule has 0 bridgehead atoms. The smallest absolute Gasteiger partial charge is 0.305 e. The van der Waals surface area contributed by atoms with Gasteiger partial charge in [0.1, 0.15) is 9.53 Å². The van der Waals surface area contributed by atoms with Crippen molar-refractivity contribution in [3.05, 3.63) is 87.6 Å². The van der Waals surface area contributed by atoms with Crippen molar-refractivity contribution in [1.82, 2.24) is 15.0 Å². The van der Waals surface area contributed by atoms with Gasteiger partial charge in [0.05, 0.1) is 11.2 Å². The topological polar surface area (TPSA) is 78.6 Å². The fourth-order valence-electron chi connectivity index (χ4n) is 3.28. The van der Waals surface area contributed by atoms with E-state index in [0.717, 1.165) is 32.6 Å². The second-order valence-electron chi connectivity index (χ2n) is 6.18. The van der Waals surface area contributed by atoms with E-state index >= 15 is 0 Å².